The fourth-order valence-corrected chi connectivity index (χ4v) is 1.85. The van der Waals surface area contributed by atoms with Gasteiger partial charge in [0.05, 0.1) is 7.11 Å². The SMILES string of the molecule is COc1cc(C)c2cccc-2c(C)c1. The lowest BCUT2D eigenvalue weighted by atomic mass is 10.1. The van der Waals surface area contributed by atoms with E-state index < -0.39 is 0 Å². The Bertz CT molecular complexity index is 395. The average molecular weight is 186 g/mol. The van der Waals surface area contributed by atoms with Gasteiger partial charge in [-0.05, 0) is 48.2 Å². The molecule has 0 aliphatic heterocycles. The molecule has 14 heavy (non-hydrogen) atoms. The van der Waals surface area contributed by atoms with E-state index in [0.717, 1.165) is 5.75 Å². The van der Waals surface area contributed by atoms with Crippen molar-refractivity contribution in [3.8, 4) is 16.9 Å². The number of fused-ring (bicyclic) bond motifs is 1. The van der Waals surface area contributed by atoms with E-state index >= 15 is 0 Å². The van der Waals surface area contributed by atoms with E-state index in [0.29, 0.717) is 0 Å². The molecule has 0 radical (unpaired) electrons. The molecule has 2 aliphatic rings. The van der Waals surface area contributed by atoms with Crippen LogP contribution in [0.25, 0.3) is 11.1 Å². The molecule has 72 valence electrons. The molecule has 2 rings (SSSR count). The third-order valence-electron chi connectivity index (χ3n) is 2.62. The second-order valence-corrected chi connectivity index (χ2v) is 3.61. The lowest BCUT2D eigenvalue weighted by molar-refractivity contribution is 0.415. The molecule has 0 fully saturated rings. The Hall–Kier alpha value is -1.50. The Kier molecular flexibility index (Phi) is 2.16. The van der Waals surface area contributed by atoms with Crippen molar-refractivity contribution < 1.29 is 4.74 Å². The summed E-state index contributed by atoms with van der Waals surface area (Å²) in [6.45, 7) is 4.23. The second kappa shape index (κ2) is 3.33. The lowest BCUT2D eigenvalue weighted by Crippen LogP contribution is -1.79. The molecule has 0 aromatic carbocycles. The topological polar surface area (TPSA) is 9.23 Å². The standard InChI is InChI=1S/C13H14O/c1-9-7-11(14-3)8-10(2)13-6-4-5-12(9)13/h4-8H,1-3H3. The van der Waals surface area contributed by atoms with Crippen LogP contribution in [-0.4, -0.2) is 7.11 Å². The first-order valence-electron chi connectivity index (χ1n) is 4.76. The van der Waals surface area contributed by atoms with E-state index in [4.69, 9.17) is 4.74 Å². The van der Waals surface area contributed by atoms with Gasteiger partial charge in [0, 0.05) is 0 Å². The van der Waals surface area contributed by atoms with E-state index in [2.05, 4.69) is 44.2 Å². The molecule has 0 saturated heterocycles. The Morgan fingerprint density at radius 1 is 0.929 bits per heavy atom. The summed E-state index contributed by atoms with van der Waals surface area (Å²) in [7, 11) is 1.71. The third kappa shape index (κ3) is 1.35. The van der Waals surface area contributed by atoms with Gasteiger partial charge in [-0.15, -0.1) is 0 Å². The van der Waals surface area contributed by atoms with Gasteiger partial charge < -0.3 is 4.74 Å². The van der Waals surface area contributed by atoms with Gasteiger partial charge in [-0.1, -0.05) is 18.2 Å². The van der Waals surface area contributed by atoms with Crippen LogP contribution >= 0.6 is 0 Å². The van der Waals surface area contributed by atoms with Crippen molar-refractivity contribution in [3.05, 3.63) is 41.5 Å². The summed E-state index contributed by atoms with van der Waals surface area (Å²) in [4.78, 5) is 0. The molecule has 0 heterocycles. The average Bonchev–Trinajstić information content (AvgIpc) is 2.61. The normalized spacial score (nSPS) is 10.5. The number of hydrogen-bond donors (Lipinski definition) is 0. The Balaban J connectivity index is 2.77. The van der Waals surface area contributed by atoms with Gasteiger partial charge in [0.15, 0.2) is 0 Å². The van der Waals surface area contributed by atoms with Crippen LogP contribution in [-0.2, 0) is 0 Å². The number of aryl methyl sites for hydroxylation is 2. The minimum Gasteiger partial charge on any atom is -0.497 e. The van der Waals surface area contributed by atoms with Crippen molar-refractivity contribution >= 4 is 0 Å². The van der Waals surface area contributed by atoms with Crippen LogP contribution in [0.5, 0.6) is 5.75 Å². The molecule has 2 aliphatic carbocycles. The number of ether oxygens (including phenoxy) is 1. The maximum absolute atomic E-state index is 5.28. The Morgan fingerprint density at radius 3 is 1.86 bits per heavy atom. The van der Waals surface area contributed by atoms with Gasteiger partial charge in [0.1, 0.15) is 5.75 Å². The monoisotopic (exact) mass is 186 g/mol. The van der Waals surface area contributed by atoms with Crippen molar-refractivity contribution in [2.45, 2.75) is 13.8 Å². The van der Waals surface area contributed by atoms with Crippen molar-refractivity contribution in [2.24, 2.45) is 0 Å². The molecule has 0 spiro atoms. The molecule has 1 nitrogen and oxygen atoms in total. The number of rotatable bonds is 1. The van der Waals surface area contributed by atoms with Crippen LogP contribution in [0, 0.1) is 13.8 Å². The summed E-state index contributed by atoms with van der Waals surface area (Å²) in [6, 6.07) is 10.6. The van der Waals surface area contributed by atoms with Gasteiger partial charge in [0.2, 0.25) is 0 Å². The first kappa shape index (κ1) is 9.07. The van der Waals surface area contributed by atoms with Gasteiger partial charge in [-0.25, -0.2) is 0 Å². The molecule has 1 heteroatoms. The third-order valence-corrected chi connectivity index (χ3v) is 2.62. The molecule has 0 amide bonds. The van der Waals surface area contributed by atoms with Crippen LogP contribution < -0.4 is 4.74 Å². The second-order valence-electron chi connectivity index (χ2n) is 3.61. The highest BCUT2D eigenvalue weighted by atomic mass is 16.5. The van der Waals surface area contributed by atoms with E-state index in [-0.39, 0.29) is 0 Å². The predicted molar refractivity (Wildman–Crippen MR) is 59.1 cm³/mol. The van der Waals surface area contributed by atoms with Crippen LogP contribution in [0.4, 0.5) is 0 Å². The molecular weight excluding hydrogens is 172 g/mol. The number of hydrogen-bond acceptors (Lipinski definition) is 1. The fraction of sp³-hybridized carbons (Fsp3) is 0.231. The van der Waals surface area contributed by atoms with Crippen molar-refractivity contribution in [1.82, 2.24) is 0 Å². The van der Waals surface area contributed by atoms with Crippen LogP contribution in [0.1, 0.15) is 11.1 Å². The van der Waals surface area contributed by atoms with Crippen LogP contribution in [0.3, 0.4) is 0 Å². The summed E-state index contributed by atoms with van der Waals surface area (Å²) in [5.74, 6) is 0.927. The summed E-state index contributed by atoms with van der Waals surface area (Å²) >= 11 is 0. The van der Waals surface area contributed by atoms with Crippen molar-refractivity contribution in [1.29, 1.82) is 0 Å². The van der Waals surface area contributed by atoms with Gasteiger partial charge in [-0.3, -0.25) is 0 Å². The van der Waals surface area contributed by atoms with E-state index in [1.165, 1.54) is 22.3 Å². The zero-order valence-corrected chi connectivity index (χ0v) is 8.79. The molecule has 0 N–H and O–H groups in total. The largest absolute Gasteiger partial charge is 0.497 e. The summed E-state index contributed by atoms with van der Waals surface area (Å²) in [5.41, 5.74) is 5.14. The molecule has 0 aromatic rings. The molecule has 0 bridgehead atoms. The fourth-order valence-electron chi connectivity index (χ4n) is 1.85. The smallest absolute Gasteiger partial charge is 0.119 e. The molecule has 0 aromatic heterocycles. The minimum absolute atomic E-state index is 0.927. The van der Waals surface area contributed by atoms with E-state index in [9.17, 15) is 0 Å². The summed E-state index contributed by atoms with van der Waals surface area (Å²) < 4.78 is 5.28. The lowest BCUT2D eigenvalue weighted by Gasteiger charge is -1.98. The quantitative estimate of drug-likeness (QED) is 0.663. The minimum atomic E-state index is 0.927. The highest BCUT2D eigenvalue weighted by molar-refractivity contribution is 5.73. The van der Waals surface area contributed by atoms with Crippen LogP contribution in [0.15, 0.2) is 30.3 Å². The molecular formula is C13H14O. The van der Waals surface area contributed by atoms with Crippen molar-refractivity contribution in [2.75, 3.05) is 7.11 Å². The number of methoxy groups -OCH3 is 1. The maximum Gasteiger partial charge on any atom is 0.119 e. The molecule has 0 unspecified atom stereocenters. The highest BCUT2D eigenvalue weighted by Gasteiger charge is 2.07. The summed E-state index contributed by atoms with van der Waals surface area (Å²) in [6.07, 6.45) is 0. The zero-order chi connectivity index (χ0) is 10.1. The van der Waals surface area contributed by atoms with Gasteiger partial charge in [-0.2, -0.15) is 0 Å². The van der Waals surface area contributed by atoms with E-state index in [1.807, 2.05) is 0 Å². The highest BCUT2D eigenvalue weighted by Crippen LogP contribution is 2.31. The Labute approximate surface area is 84.7 Å². The first-order chi connectivity index (χ1) is 6.72. The van der Waals surface area contributed by atoms with Crippen molar-refractivity contribution in [3.63, 3.8) is 0 Å². The molecule has 0 atom stereocenters. The van der Waals surface area contributed by atoms with E-state index in [1.54, 1.807) is 7.11 Å². The van der Waals surface area contributed by atoms with Gasteiger partial charge >= 0.3 is 0 Å². The molecule has 0 saturated carbocycles. The zero-order valence-electron chi connectivity index (χ0n) is 8.79. The van der Waals surface area contributed by atoms with Gasteiger partial charge in [0.25, 0.3) is 0 Å². The maximum atomic E-state index is 5.28. The predicted octanol–water partition coefficient (Wildman–Crippen LogP) is 3.42. The van der Waals surface area contributed by atoms with Crippen LogP contribution in [0.2, 0.25) is 0 Å². The summed E-state index contributed by atoms with van der Waals surface area (Å²) in [5, 5.41) is 0. The Morgan fingerprint density at radius 2 is 1.43 bits per heavy atom. The first-order valence-corrected chi connectivity index (χ1v) is 4.76.